The first-order valence-electron chi connectivity index (χ1n) is 5.50. The van der Waals surface area contributed by atoms with Crippen LogP contribution in [-0.4, -0.2) is 48.9 Å². The van der Waals surface area contributed by atoms with Crippen molar-refractivity contribution in [2.24, 2.45) is 0 Å². The Morgan fingerprint density at radius 1 is 1.47 bits per heavy atom. The molecule has 4 nitrogen and oxygen atoms in total. The van der Waals surface area contributed by atoms with Gasteiger partial charge in [-0.3, -0.25) is 4.79 Å². The fourth-order valence-electron chi connectivity index (χ4n) is 1.83. The third-order valence-corrected chi connectivity index (χ3v) is 3.56. The lowest BCUT2D eigenvalue weighted by Gasteiger charge is -2.42. The number of carbonyl (C=O) groups is 1. The normalized spacial score (nSPS) is 16.1. The molecular formula is C12H16ClN3O. The van der Waals surface area contributed by atoms with Crippen LogP contribution in [-0.2, 0) is 0 Å². The molecule has 1 aromatic rings. The lowest BCUT2D eigenvalue weighted by Crippen LogP contribution is -2.59. The summed E-state index contributed by atoms with van der Waals surface area (Å²) in [5.74, 6) is -0.0413. The minimum absolute atomic E-state index is 0.0413. The molecule has 0 aliphatic carbocycles. The number of hydrogen-bond donors (Lipinski definition) is 1. The van der Waals surface area contributed by atoms with E-state index in [-0.39, 0.29) is 5.91 Å². The van der Waals surface area contributed by atoms with E-state index < -0.39 is 0 Å². The molecular weight excluding hydrogens is 238 g/mol. The molecule has 5 heteroatoms. The Morgan fingerprint density at radius 2 is 2.12 bits per heavy atom. The maximum Gasteiger partial charge on any atom is 0.255 e. The number of nitrogens with zero attached hydrogens (tertiary/aromatic N) is 2. The second-order valence-corrected chi connectivity index (χ2v) is 4.91. The average Bonchev–Trinajstić information content (AvgIpc) is 2.19. The number of likely N-dealkylation sites (tertiary alicyclic amines) is 1. The number of rotatable bonds is 2. The molecule has 0 spiro atoms. The van der Waals surface area contributed by atoms with E-state index in [1.165, 1.54) is 0 Å². The van der Waals surface area contributed by atoms with Gasteiger partial charge in [0, 0.05) is 19.1 Å². The summed E-state index contributed by atoms with van der Waals surface area (Å²) in [6.07, 6.45) is 0. The Bertz CT molecular complexity index is 441. The molecule has 0 atom stereocenters. The zero-order chi connectivity index (χ0) is 12.6. The highest BCUT2D eigenvalue weighted by atomic mass is 35.5. The van der Waals surface area contributed by atoms with Crippen molar-refractivity contribution in [3.8, 4) is 0 Å². The van der Waals surface area contributed by atoms with Crippen LogP contribution in [0.1, 0.15) is 10.4 Å². The number of likely N-dealkylation sites (N-methyl/N-ethyl adjacent to an activating group) is 1. The number of hydrogen-bond acceptors (Lipinski definition) is 3. The molecule has 2 N–H and O–H groups in total. The minimum atomic E-state index is -0.0413. The van der Waals surface area contributed by atoms with Crippen molar-refractivity contribution >= 4 is 23.2 Å². The smallest absolute Gasteiger partial charge is 0.255 e. The summed E-state index contributed by atoms with van der Waals surface area (Å²) in [7, 11) is 4.03. The summed E-state index contributed by atoms with van der Waals surface area (Å²) in [6.45, 7) is 1.49. The largest absolute Gasteiger partial charge is 0.398 e. The molecule has 92 valence electrons. The van der Waals surface area contributed by atoms with Gasteiger partial charge in [-0.05, 0) is 26.2 Å². The Morgan fingerprint density at radius 3 is 2.71 bits per heavy atom. The monoisotopic (exact) mass is 253 g/mol. The molecule has 0 bridgehead atoms. The Hall–Kier alpha value is -1.26. The number of halogens is 1. The van der Waals surface area contributed by atoms with Crippen LogP contribution in [0.3, 0.4) is 0 Å². The van der Waals surface area contributed by atoms with E-state index in [9.17, 15) is 4.79 Å². The first-order valence-corrected chi connectivity index (χ1v) is 5.88. The van der Waals surface area contributed by atoms with Gasteiger partial charge in [0.25, 0.3) is 5.91 Å². The molecule has 1 fully saturated rings. The number of nitrogen functional groups attached to an aromatic ring is 1. The van der Waals surface area contributed by atoms with Crippen molar-refractivity contribution in [1.82, 2.24) is 9.80 Å². The summed E-state index contributed by atoms with van der Waals surface area (Å²) in [5, 5.41) is 0.353. The maximum absolute atomic E-state index is 12.1. The van der Waals surface area contributed by atoms with E-state index in [2.05, 4.69) is 4.90 Å². The van der Waals surface area contributed by atoms with Gasteiger partial charge in [0.05, 0.1) is 16.3 Å². The minimum Gasteiger partial charge on any atom is -0.398 e. The van der Waals surface area contributed by atoms with Gasteiger partial charge in [0.2, 0.25) is 0 Å². The second-order valence-electron chi connectivity index (χ2n) is 4.54. The van der Waals surface area contributed by atoms with Crippen LogP contribution in [0.2, 0.25) is 5.02 Å². The summed E-state index contributed by atoms with van der Waals surface area (Å²) < 4.78 is 0. The molecule has 0 radical (unpaired) electrons. The van der Waals surface area contributed by atoms with E-state index in [4.69, 9.17) is 17.3 Å². The molecule has 2 rings (SSSR count). The topological polar surface area (TPSA) is 49.6 Å². The summed E-state index contributed by atoms with van der Waals surface area (Å²) in [6, 6.07) is 5.60. The van der Waals surface area contributed by atoms with Crippen LogP contribution < -0.4 is 5.73 Å². The van der Waals surface area contributed by atoms with Gasteiger partial charge in [-0.15, -0.1) is 0 Å². The van der Waals surface area contributed by atoms with Crippen LogP contribution in [0, 0.1) is 0 Å². The third-order valence-electron chi connectivity index (χ3n) is 3.14. The van der Waals surface area contributed by atoms with E-state index in [0.717, 1.165) is 13.1 Å². The van der Waals surface area contributed by atoms with Crippen LogP contribution in [0.15, 0.2) is 18.2 Å². The molecule has 1 aromatic carbocycles. The number of amides is 1. The first-order chi connectivity index (χ1) is 8.00. The van der Waals surface area contributed by atoms with Gasteiger partial charge in [0.15, 0.2) is 0 Å². The van der Waals surface area contributed by atoms with Crippen molar-refractivity contribution < 1.29 is 4.79 Å². The molecule has 1 aliphatic heterocycles. The van der Waals surface area contributed by atoms with Gasteiger partial charge in [-0.25, -0.2) is 0 Å². The molecule has 1 heterocycles. The molecule has 0 saturated carbocycles. The summed E-state index contributed by atoms with van der Waals surface area (Å²) in [4.78, 5) is 16.0. The van der Waals surface area contributed by atoms with Gasteiger partial charge >= 0.3 is 0 Å². The van der Waals surface area contributed by atoms with E-state index in [0.29, 0.717) is 22.3 Å². The molecule has 0 unspecified atom stereocenters. The fraction of sp³-hybridized carbons (Fsp3) is 0.417. The highest BCUT2D eigenvalue weighted by molar-refractivity contribution is 6.36. The highest BCUT2D eigenvalue weighted by Crippen LogP contribution is 2.26. The lowest BCUT2D eigenvalue weighted by atomic mass is 10.1. The SMILES string of the molecule is CN(C)C1CN(C(=O)c2cccc(N)c2Cl)C1. The molecule has 0 aromatic heterocycles. The van der Waals surface area contributed by atoms with Crippen molar-refractivity contribution in [1.29, 1.82) is 0 Å². The predicted molar refractivity (Wildman–Crippen MR) is 69.2 cm³/mol. The standard InChI is InChI=1S/C12H16ClN3O/c1-15(2)8-6-16(7-8)12(17)9-4-3-5-10(14)11(9)13/h3-5,8H,6-7,14H2,1-2H3. The molecule has 1 amide bonds. The summed E-state index contributed by atoms with van der Waals surface area (Å²) >= 11 is 6.03. The quantitative estimate of drug-likeness (QED) is 0.809. The number of nitrogens with two attached hydrogens (primary N) is 1. The predicted octanol–water partition coefficient (Wildman–Crippen LogP) is 1.31. The number of benzene rings is 1. The molecule has 1 saturated heterocycles. The second kappa shape index (κ2) is 4.55. The van der Waals surface area contributed by atoms with E-state index in [1.807, 2.05) is 14.1 Å². The van der Waals surface area contributed by atoms with Crippen LogP contribution in [0.5, 0.6) is 0 Å². The van der Waals surface area contributed by atoms with Gasteiger partial charge in [-0.2, -0.15) is 0 Å². The Balaban J connectivity index is 2.09. The average molecular weight is 254 g/mol. The van der Waals surface area contributed by atoms with Crippen LogP contribution >= 0.6 is 11.6 Å². The van der Waals surface area contributed by atoms with Gasteiger partial charge < -0.3 is 15.5 Å². The van der Waals surface area contributed by atoms with Crippen LogP contribution in [0.25, 0.3) is 0 Å². The first kappa shape index (κ1) is 12.2. The number of anilines is 1. The van der Waals surface area contributed by atoms with Crippen molar-refractivity contribution in [2.45, 2.75) is 6.04 Å². The van der Waals surface area contributed by atoms with E-state index in [1.54, 1.807) is 23.1 Å². The third kappa shape index (κ3) is 2.23. The zero-order valence-corrected chi connectivity index (χ0v) is 10.7. The summed E-state index contributed by atoms with van der Waals surface area (Å²) in [5.41, 5.74) is 6.62. The zero-order valence-electron chi connectivity index (χ0n) is 9.98. The van der Waals surface area contributed by atoms with Gasteiger partial charge in [0.1, 0.15) is 0 Å². The highest BCUT2D eigenvalue weighted by Gasteiger charge is 2.33. The van der Waals surface area contributed by atoms with Crippen LogP contribution in [0.4, 0.5) is 5.69 Å². The molecule has 1 aliphatic rings. The lowest BCUT2D eigenvalue weighted by molar-refractivity contribution is 0.0399. The van der Waals surface area contributed by atoms with Gasteiger partial charge in [-0.1, -0.05) is 17.7 Å². The number of carbonyl (C=O) groups excluding carboxylic acids is 1. The van der Waals surface area contributed by atoms with Crippen molar-refractivity contribution in [3.63, 3.8) is 0 Å². The Labute approximate surface area is 106 Å². The fourth-order valence-corrected chi connectivity index (χ4v) is 2.04. The molecule has 17 heavy (non-hydrogen) atoms. The van der Waals surface area contributed by atoms with Crippen molar-refractivity contribution in [2.75, 3.05) is 32.9 Å². The van der Waals surface area contributed by atoms with Crippen molar-refractivity contribution in [3.05, 3.63) is 28.8 Å². The van der Waals surface area contributed by atoms with E-state index >= 15 is 0 Å². The maximum atomic E-state index is 12.1. The Kier molecular flexibility index (Phi) is 3.26.